The van der Waals surface area contributed by atoms with E-state index in [0.29, 0.717) is 29.1 Å². The second-order valence-electron chi connectivity index (χ2n) is 6.47. The van der Waals surface area contributed by atoms with Gasteiger partial charge in [0.2, 0.25) is 0 Å². The van der Waals surface area contributed by atoms with Gasteiger partial charge >= 0.3 is 0 Å². The average Bonchev–Trinajstić information content (AvgIpc) is 2.68. The van der Waals surface area contributed by atoms with Crippen molar-refractivity contribution in [2.24, 2.45) is 0 Å². The lowest BCUT2D eigenvalue weighted by atomic mass is 10.1. The number of nitrogens with zero attached hydrogens (tertiary/aromatic N) is 1. The average molecular weight is 500 g/mol. The first-order valence-corrected chi connectivity index (χ1v) is 10.3. The molecule has 0 aliphatic carbocycles. The Bertz CT molecular complexity index is 1190. The Balaban J connectivity index is 1.65. The first-order valence-electron chi connectivity index (χ1n) is 8.68. The van der Waals surface area contributed by atoms with Crippen LogP contribution >= 0.6 is 31.9 Å². The molecule has 4 nitrogen and oxygen atoms in total. The third-order valence-electron chi connectivity index (χ3n) is 4.39. The molecular weight excluding hydrogens is 484 g/mol. The van der Waals surface area contributed by atoms with Crippen LogP contribution < -0.4 is 10.3 Å². The van der Waals surface area contributed by atoms with Gasteiger partial charge in [0.05, 0.1) is 19.8 Å². The number of H-pyrrole nitrogens is 1. The first kappa shape index (κ1) is 18.9. The number of nitrogens with one attached hydrogen (secondary N) is 1. The molecular formula is C22H16Br2N2O2. The van der Waals surface area contributed by atoms with E-state index in [9.17, 15) is 4.79 Å². The second-order valence-corrected chi connectivity index (χ2v) is 8.18. The Morgan fingerprint density at radius 3 is 2.39 bits per heavy atom. The third-order valence-corrected chi connectivity index (χ3v) is 5.57. The van der Waals surface area contributed by atoms with E-state index in [1.165, 1.54) is 5.56 Å². The minimum atomic E-state index is -0.160. The van der Waals surface area contributed by atoms with E-state index in [-0.39, 0.29) is 5.56 Å². The summed E-state index contributed by atoms with van der Waals surface area (Å²) in [6, 6.07) is 19.3. The monoisotopic (exact) mass is 498 g/mol. The molecule has 6 heteroatoms. The highest BCUT2D eigenvalue weighted by molar-refractivity contribution is 9.11. The maximum atomic E-state index is 12.3. The molecule has 0 saturated carbocycles. The molecule has 0 aliphatic rings. The number of aromatic amines is 1. The van der Waals surface area contributed by atoms with E-state index in [1.54, 1.807) is 6.07 Å². The van der Waals surface area contributed by atoms with Gasteiger partial charge in [0.15, 0.2) is 0 Å². The summed E-state index contributed by atoms with van der Waals surface area (Å²) in [4.78, 5) is 19.8. The van der Waals surface area contributed by atoms with E-state index in [1.807, 2.05) is 30.3 Å². The van der Waals surface area contributed by atoms with Gasteiger partial charge in [0.25, 0.3) is 5.56 Å². The summed E-state index contributed by atoms with van der Waals surface area (Å²) in [6.45, 7) is 2.52. The largest absolute Gasteiger partial charge is 0.487 e. The molecule has 0 bridgehead atoms. The maximum absolute atomic E-state index is 12.3. The van der Waals surface area contributed by atoms with Gasteiger partial charge in [-0.1, -0.05) is 42.0 Å². The number of hydrogen-bond acceptors (Lipinski definition) is 3. The van der Waals surface area contributed by atoms with E-state index in [4.69, 9.17) is 4.74 Å². The molecule has 1 aromatic heterocycles. The molecule has 0 saturated heterocycles. The fourth-order valence-corrected chi connectivity index (χ4v) is 4.31. The lowest BCUT2D eigenvalue weighted by Gasteiger charge is -2.13. The van der Waals surface area contributed by atoms with Crippen LogP contribution in [0, 0.1) is 6.92 Å². The van der Waals surface area contributed by atoms with E-state index < -0.39 is 0 Å². The van der Waals surface area contributed by atoms with Gasteiger partial charge in [-0.3, -0.25) is 4.79 Å². The summed E-state index contributed by atoms with van der Waals surface area (Å²) in [5, 5.41) is 0.572. The smallest absolute Gasteiger partial charge is 0.259 e. The third kappa shape index (κ3) is 3.88. The maximum Gasteiger partial charge on any atom is 0.259 e. The van der Waals surface area contributed by atoms with Crippen LogP contribution in [-0.2, 0) is 6.61 Å². The topological polar surface area (TPSA) is 55.0 Å². The summed E-state index contributed by atoms with van der Waals surface area (Å²) in [6.07, 6.45) is 0. The standard InChI is InChI=1S/C22H16Br2N2O2/c1-13-6-8-14(9-7-13)12-28-20-17(23)10-15(11-18(20)24)21-25-19-5-3-2-4-16(19)22(27)26-21/h2-11H,12H2,1H3,(H,25,26,27). The van der Waals surface area contributed by atoms with E-state index in [2.05, 4.69) is 73.0 Å². The number of benzene rings is 3. The van der Waals surface area contributed by atoms with Crippen molar-refractivity contribution in [3.8, 4) is 17.1 Å². The minimum absolute atomic E-state index is 0.160. The van der Waals surface area contributed by atoms with E-state index >= 15 is 0 Å². The van der Waals surface area contributed by atoms with E-state index in [0.717, 1.165) is 20.1 Å². The highest BCUT2D eigenvalue weighted by atomic mass is 79.9. The van der Waals surface area contributed by atoms with Crippen LogP contribution in [0.2, 0.25) is 0 Å². The highest BCUT2D eigenvalue weighted by Crippen LogP contribution is 2.37. The van der Waals surface area contributed by atoms with Crippen molar-refractivity contribution in [3.05, 3.63) is 91.1 Å². The number of halogens is 2. The fourth-order valence-electron chi connectivity index (χ4n) is 2.90. The zero-order chi connectivity index (χ0) is 19.7. The van der Waals surface area contributed by atoms with Crippen molar-refractivity contribution in [3.63, 3.8) is 0 Å². The highest BCUT2D eigenvalue weighted by Gasteiger charge is 2.13. The minimum Gasteiger partial charge on any atom is -0.487 e. The SMILES string of the molecule is Cc1ccc(COc2c(Br)cc(-c3nc4ccccc4c(=O)[nH]3)cc2Br)cc1. The Hall–Kier alpha value is -2.44. The number of para-hydroxylation sites is 1. The van der Waals surface area contributed by atoms with Gasteiger partial charge in [-0.15, -0.1) is 0 Å². The Morgan fingerprint density at radius 2 is 1.68 bits per heavy atom. The van der Waals surface area contributed by atoms with Crippen molar-refractivity contribution in [2.45, 2.75) is 13.5 Å². The van der Waals surface area contributed by atoms with Crippen LogP contribution in [0.3, 0.4) is 0 Å². The van der Waals surface area contributed by atoms with Gasteiger partial charge in [0, 0.05) is 5.56 Å². The lowest BCUT2D eigenvalue weighted by molar-refractivity contribution is 0.302. The van der Waals surface area contributed by atoms with Gasteiger partial charge < -0.3 is 9.72 Å². The zero-order valence-corrected chi connectivity index (χ0v) is 18.2. The summed E-state index contributed by atoms with van der Waals surface area (Å²) < 4.78 is 7.55. The molecule has 3 aromatic carbocycles. The van der Waals surface area contributed by atoms with Gasteiger partial charge in [-0.25, -0.2) is 4.98 Å². The fraction of sp³-hybridized carbons (Fsp3) is 0.0909. The normalized spacial score (nSPS) is 11.0. The van der Waals surface area contributed by atoms with Crippen molar-refractivity contribution in [1.82, 2.24) is 9.97 Å². The quantitative estimate of drug-likeness (QED) is 0.374. The van der Waals surface area contributed by atoms with Crippen LogP contribution in [0.4, 0.5) is 0 Å². The van der Waals surface area contributed by atoms with Crippen molar-refractivity contribution in [1.29, 1.82) is 0 Å². The molecule has 1 heterocycles. The number of aryl methyl sites for hydroxylation is 1. The number of ether oxygens (including phenoxy) is 1. The summed E-state index contributed by atoms with van der Waals surface area (Å²) in [7, 11) is 0. The Morgan fingerprint density at radius 1 is 1.00 bits per heavy atom. The summed E-state index contributed by atoms with van der Waals surface area (Å²) in [5.41, 5.74) is 3.59. The van der Waals surface area contributed by atoms with Crippen molar-refractivity contribution in [2.75, 3.05) is 0 Å². The Labute approximate surface area is 178 Å². The molecule has 0 atom stereocenters. The lowest BCUT2D eigenvalue weighted by Crippen LogP contribution is -2.09. The molecule has 140 valence electrons. The molecule has 0 amide bonds. The van der Waals surface area contributed by atoms with Crippen LogP contribution in [0.15, 0.2) is 74.4 Å². The molecule has 1 N–H and O–H groups in total. The summed E-state index contributed by atoms with van der Waals surface area (Å²) in [5.74, 6) is 1.21. The Kier molecular flexibility index (Phi) is 5.33. The van der Waals surface area contributed by atoms with Crippen LogP contribution in [0.1, 0.15) is 11.1 Å². The zero-order valence-electron chi connectivity index (χ0n) is 15.0. The summed E-state index contributed by atoms with van der Waals surface area (Å²) >= 11 is 7.15. The number of hydrogen-bond donors (Lipinski definition) is 1. The molecule has 0 unspecified atom stereocenters. The van der Waals surface area contributed by atoms with Gasteiger partial charge in [-0.05, 0) is 68.6 Å². The van der Waals surface area contributed by atoms with Gasteiger partial charge in [0.1, 0.15) is 18.2 Å². The number of fused-ring (bicyclic) bond motifs is 1. The van der Waals surface area contributed by atoms with Crippen molar-refractivity contribution >= 4 is 42.8 Å². The molecule has 0 spiro atoms. The molecule has 4 rings (SSSR count). The van der Waals surface area contributed by atoms with Crippen molar-refractivity contribution < 1.29 is 4.74 Å². The predicted molar refractivity (Wildman–Crippen MR) is 119 cm³/mol. The second kappa shape index (κ2) is 7.89. The molecule has 0 radical (unpaired) electrons. The number of aromatic nitrogens is 2. The van der Waals surface area contributed by atoms with Crippen LogP contribution in [-0.4, -0.2) is 9.97 Å². The molecule has 28 heavy (non-hydrogen) atoms. The first-order chi connectivity index (χ1) is 13.5. The number of rotatable bonds is 4. The predicted octanol–water partition coefficient (Wildman–Crippen LogP) is 6.00. The van der Waals surface area contributed by atoms with Crippen LogP contribution in [0.5, 0.6) is 5.75 Å². The van der Waals surface area contributed by atoms with Crippen LogP contribution in [0.25, 0.3) is 22.3 Å². The molecule has 4 aromatic rings. The van der Waals surface area contributed by atoms with Gasteiger partial charge in [-0.2, -0.15) is 0 Å². The molecule has 0 aliphatic heterocycles. The molecule has 0 fully saturated rings.